The molecule has 0 amide bonds. The summed E-state index contributed by atoms with van der Waals surface area (Å²) < 4.78 is 0. The van der Waals surface area contributed by atoms with Crippen LogP contribution in [0.25, 0.3) is 0 Å². The van der Waals surface area contributed by atoms with E-state index in [9.17, 15) is 0 Å². The van der Waals surface area contributed by atoms with E-state index in [0.717, 1.165) is 12.1 Å². The molecule has 0 saturated heterocycles. The zero-order chi connectivity index (χ0) is 17.3. The Kier molecular flexibility index (Phi) is 16.8. The van der Waals surface area contributed by atoms with Gasteiger partial charge in [0, 0.05) is 19.3 Å². The predicted molar refractivity (Wildman–Crippen MR) is 108 cm³/mol. The average Bonchev–Trinajstić information content (AvgIpc) is 2.56. The highest BCUT2D eigenvalue weighted by Crippen LogP contribution is 2.16. The van der Waals surface area contributed by atoms with E-state index in [0.29, 0.717) is 0 Å². The van der Waals surface area contributed by atoms with E-state index in [4.69, 9.17) is 0 Å². The number of hydrogen-bond acceptors (Lipinski definition) is 1. The van der Waals surface area contributed by atoms with Gasteiger partial charge in [0.05, 0.1) is 0 Å². The van der Waals surface area contributed by atoms with Crippen molar-refractivity contribution < 1.29 is 0 Å². The Hall–Kier alpha value is -0.0400. The maximum atomic E-state index is 2.82. The molecule has 0 heterocycles. The van der Waals surface area contributed by atoms with E-state index in [1.165, 1.54) is 96.4 Å². The normalized spacial score (nSPS) is 14.3. The van der Waals surface area contributed by atoms with E-state index >= 15 is 0 Å². The molecule has 0 spiro atoms. The molecule has 2 unspecified atom stereocenters. The van der Waals surface area contributed by atoms with Crippen molar-refractivity contribution in [3.63, 3.8) is 0 Å². The second kappa shape index (κ2) is 16.8. The number of unbranched alkanes of at least 4 members (excludes halogenated alkanes) is 9. The van der Waals surface area contributed by atoms with Crippen LogP contribution in [0.15, 0.2) is 0 Å². The van der Waals surface area contributed by atoms with Gasteiger partial charge in [-0.15, -0.1) is 0 Å². The van der Waals surface area contributed by atoms with Crippen molar-refractivity contribution in [1.82, 2.24) is 4.90 Å². The van der Waals surface area contributed by atoms with Gasteiger partial charge in [-0.05, 0) is 33.1 Å². The molecule has 0 fully saturated rings. The molecule has 0 aliphatic carbocycles. The van der Waals surface area contributed by atoms with Gasteiger partial charge in [0.1, 0.15) is 18.6 Å². The van der Waals surface area contributed by atoms with Crippen LogP contribution in [0, 0.1) is 0 Å². The first kappa shape index (κ1) is 23.0. The Bertz CT molecular complexity index is 212. The Labute approximate surface area is 148 Å². The molecular formula is C22H47N+. The predicted octanol–water partition coefficient (Wildman–Crippen LogP) is 7.42. The van der Waals surface area contributed by atoms with Crippen LogP contribution in [0.2, 0.25) is 0 Å². The molecule has 139 valence electrons. The highest BCUT2D eigenvalue weighted by Gasteiger charge is 2.28. The summed E-state index contributed by atoms with van der Waals surface area (Å²) in [7, 11) is 0. The minimum Gasteiger partial charge on any atom is -0.165 e. The molecule has 0 aromatic heterocycles. The Morgan fingerprint density at radius 3 is 1.35 bits per heavy atom. The lowest BCUT2D eigenvalue weighted by atomic mass is 10.0. The summed E-state index contributed by atoms with van der Waals surface area (Å²) in [5, 5.41) is 0. The average molecular weight is 326 g/mol. The largest absolute Gasteiger partial charge is 0.165 e. The van der Waals surface area contributed by atoms with Crippen molar-refractivity contribution in [3.05, 3.63) is 0 Å². The minimum atomic E-state index is 0.770. The van der Waals surface area contributed by atoms with Crippen LogP contribution in [-0.2, 0) is 0 Å². The third-order valence-electron chi connectivity index (χ3n) is 5.35. The van der Waals surface area contributed by atoms with Crippen LogP contribution in [0.4, 0.5) is 0 Å². The van der Waals surface area contributed by atoms with Gasteiger partial charge in [0.25, 0.3) is 0 Å². The van der Waals surface area contributed by atoms with Gasteiger partial charge in [-0.3, -0.25) is 0 Å². The van der Waals surface area contributed by atoms with Gasteiger partial charge >= 0.3 is 0 Å². The van der Waals surface area contributed by atoms with Gasteiger partial charge in [0.2, 0.25) is 0 Å². The van der Waals surface area contributed by atoms with E-state index < -0.39 is 0 Å². The fraction of sp³-hybridized carbons (Fsp3) is 1.00. The molecule has 2 atom stereocenters. The highest BCUT2D eigenvalue weighted by molar-refractivity contribution is 4.79. The number of hydrogen-bond donors (Lipinski definition) is 0. The van der Waals surface area contributed by atoms with Crippen molar-refractivity contribution in [2.45, 2.75) is 137 Å². The first-order valence-electron chi connectivity index (χ1n) is 10.9. The summed E-state index contributed by atoms with van der Waals surface area (Å²) in [6.07, 6.45) is 19.6. The maximum absolute atomic E-state index is 2.82. The lowest BCUT2D eigenvalue weighted by molar-refractivity contribution is 0.240. The molecule has 0 aliphatic heterocycles. The fourth-order valence-corrected chi connectivity index (χ4v) is 3.63. The van der Waals surface area contributed by atoms with Crippen LogP contribution in [0.5, 0.6) is 0 Å². The smallest absolute Gasteiger partial charge is 0.130 e. The van der Waals surface area contributed by atoms with Gasteiger partial charge in [-0.25, -0.2) is 0 Å². The topological polar surface area (TPSA) is 5.90 Å². The van der Waals surface area contributed by atoms with E-state index in [1.54, 1.807) is 0 Å². The van der Waals surface area contributed by atoms with Crippen molar-refractivity contribution >= 4 is 0 Å². The Balaban J connectivity index is 4.00. The molecule has 0 N–H and O–H groups in total. The van der Waals surface area contributed by atoms with Crippen LogP contribution in [-0.4, -0.2) is 18.6 Å². The molecule has 1 radical (unpaired) electrons. The molecule has 0 aromatic rings. The SMILES string of the molecule is CCCCCCCCCC[N+](C(C)CCCC)C(C)CCCC. The fourth-order valence-electron chi connectivity index (χ4n) is 3.63. The molecule has 0 saturated carbocycles. The van der Waals surface area contributed by atoms with Crippen molar-refractivity contribution in [2.75, 3.05) is 6.54 Å². The summed E-state index contributed by atoms with van der Waals surface area (Å²) in [6, 6.07) is 1.54. The summed E-state index contributed by atoms with van der Waals surface area (Å²) in [5.74, 6) is 0. The van der Waals surface area contributed by atoms with Gasteiger partial charge in [-0.1, -0.05) is 72.1 Å². The molecule has 0 aliphatic rings. The van der Waals surface area contributed by atoms with Gasteiger partial charge in [-0.2, -0.15) is 4.90 Å². The van der Waals surface area contributed by atoms with E-state index in [2.05, 4.69) is 39.5 Å². The van der Waals surface area contributed by atoms with Crippen molar-refractivity contribution in [2.24, 2.45) is 0 Å². The van der Waals surface area contributed by atoms with Crippen molar-refractivity contribution in [3.8, 4) is 0 Å². The summed E-state index contributed by atoms with van der Waals surface area (Å²) in [4.78, 5) is 2.82. The van der Waals surface area contributed by atoms with Gasteiger partial charge < -0.3 is 0 Å². The first-order valence-corrected chi connectivity index (χ1v) is 10.9. The summed E-state index contributed by atoms with van der Waals surface area (Å²) in [5.41, 5.74) is 0. The molecule has 23 heavy (non-hydrogen) atoms. The molecule has 1 heteroatoms. The van der Waals surface area contributed by atoms with E-state index in [1.807, 2.05) is 0 Å². The summed E-state index contributed by atoms with van der Waals surface area (Å²) >= 11 is 0. The quantitative estimate of drug-likeness (QED) is 0.194. The molecule has 0 bridgehead atoms. The maximum Gasteiger partial charge on any atom is 0.130 e. The van der Waals surface area contributed by atoms with Crippen LogP contribution in [0.3, 0.4) is 0 Å². The number of nitrogens with zero attached hydrogens (tertiary/aromatic N) is 1. The molecule has 0 aromatic carbocycles. The zero-order valence-electron chi connectivity index (χ0n) is 17.2. The standard InChI is InChI=1S/C22H47N/c1-6-9-12-13-14-15-16-17-20-23(21(4)18-10-7-2)22(5)19-11-8-3/h21-22H,6-20H2,1-5H3/q+1. The second-order valence-corrected chi connectivity index (χ2v) is 7.70. The third kappa shape index (κ3) is 13.0. The van der Waals surface area contributed by atoms with Crippen LogP contribution < -0.4 is 4.90 Å². The highest BCUT2D eigenvalue weighted by atomic mass is 15.2. The Morgan fingerprint density at radius 2 is 0.913 bits per heavy atom. The van der Waals surface area contributed by atoms with Gasteiger partial charge in [0.15, 0.2) is 0 Å². The lowest BCUT2D eigenvalue weighted by Gasteiger charge is -2.25. The molecular weight excluding hydrogens is 278 g/mol. The number of rotatable bonds is 17. The molecule has 0 rings (SSSR count). The minimum absolute atomic E-state index is 0.770. The van der Waals surface area contributed by atoms with Crippen LogP contribution >= 0.6 is 0 Å². The Morgan fingerprint density at radius 1 is 0.522 bits per heavy atom. The second-order valence-electron chi connectivity index (χ2n) is 7.70. The van der Waals surface area contributed by atoms with Crippen molar-refractivity contribution in [1.29, 1.82) is 0 Å². The van der Waals surface area contributed by atoms with E-state index in [-0.39, 0.29) is 0 Å². The van der Waals surface area contributed by atoms with Crippen LogP contribution in [0.1, 0.15) is 125 Å². The lowest BCUT2D eigenvalue weighted by Crippen LogP contribution is -2.46. The summed E-state index contributed by atoms with van der Waals surface area (Å²) in [6.45, 7) is 13.2. The first-order chi connectivity index (χ1) is 11.2. The zero-order valence-corrected chi connectivity index (χ0v) is 17.2. The molecule has 1 nitrogen and oxygen atoms in total. The monoisotopic (exact) mass is 325 g/mol. The third-order valence-corrected chi connectivity index (χ3v) is 5.35.